The van der Waals surface area contributed by atoms with E-state index in [0.29, 0.717) is 17.5 Å². The van der Waals surface area contributed by atoms with Gasteiger partial charge in [-0.25, -0.2) is 8.78 Å². The lowest BCUT2D eigenvalue weighted by molar-refractivity contribution is 0.557. The van der Waals surface area contributed by atoms with E-state index in [1.165, 1.54) is 6.07 Å². The molecule has 0 aliphatic heterocycles. The van der Waals surface area contributed by atoms with Crippen molar-refractivity contribution in [3.8, 4) is 0 Å². The number of nitrogens with two attached hydrogens (primary N) is 1. The van der Waals surface area contributed by atoms with E-state index < -0.39 is 17.7 Å². The van der Waals surface area contributed by atoms with Crippen molar-refractivity contribution in [2.75, 3.05) is 0 Å². The highest BCUT2D eigenvalue weighted by molar-refractivity contribution is 5.31. The Balaban J connectivity index is 3.30. The second-order valence-electron chi connectivity index (χ2n) is 3.10. The molecule has 2 N–H and O–H groups in total. The summed E-state index contributed by atoms with van der Waals surface area (Å²) in [7, 11) is 0. The van der Waals surface area contributed by atoms with Crippen LogP contribution in [0.2, 0.25) is 0 Å². The van der Waals surface area contributed by atoms with Crippen LogP contribution < -0.4 is 5.73 Å². The van der Waals surface area contributed by atoms with Crippen LogP contribution in [0.25, 0.3) is 0 Å². The van der Waals surface area contributed by atoms with Gasteiger partial charge in [-0.3, -0.25) is 0 Å². The highest BCUT2D eigenvalue weighted by Gasteiger charge is 2.13. The zero-order valence-corrected chi connectivity index (χ0v) is 7.77. The normalized spacial score (nSPS) is 13.0. The van der Waals surface area contributed by atoms with E-state index in [2.05, 4.69) is 0 Å². The fourth-order valence-corrected chi connectivity index (χ4v) is 1.44. The van der Waals surface area contributed by atoms with Gasteiger partial charge in [0.25, 0.3) is 0 Å². The molecule has 3 heteroatoms. The third-order valence-electron chi connectivity index (χ3n) is 2.02. The minimum Gasteiger partial charge on any atom is -0.324 e. The summed E-state index contributed by atoms with van der Waals surface area (Å²) >= 11 is 0. The molecule has 0 saturated carbocycles. The van der Waals surface area contributed by atoms with E-state index >= 15 is 0 Å². The quantitative estimate of drug-likeness (QED) is 0.752. The summed E-state index contributed by atoms with van der Waals surface area (Å²) in [6, 6.07) is 1.81. The molecule has 0 bridgehead atoms. The predicted molar refractivity (Wildman–Crippen MR) is 48.3 cm³/mol. The SMILES string of the molecule is CCc1cc(F)cc(F)c1[C@H](C)N. The van der Waals surface area contributed by atoms with Gasteiger partial charge in [0, 0.05) is 17.7 Å². The van der Waals surface area contributed by atoms with Gasteiger partial charge in [0.1, 0.15) is 11.6 Å². The lowest BCUT2D eigenvalue weighted by Gasteiger charge is -2.12. The summed E-state index contributed by atoms with van der Waals surface area (Å²) in [5, 5.41) is 0. The average molecular weight is 185 g/mol. The summed E-state index contributed by atoms with van der Waals surface area (Å²) in [6.45, 7) is 3.54. The Morgan fingerprint density at radius 1 is 1.38 bits per heavy atom. The molecule has 0 aliphatic carbocycles. The maximum absolute atomic E-state index is 13.2. The smallest absolute Gasteiger partial charge is 0.131 e. The number of hydrogen-bond donors (Lipinski definition) is 1. The first-order chi connectivity index (χ1) is 6.06. The van der Waals surface area contributed by atoms with Crippen LogP contribution in [0.4, 0.5) is 8.78 Å². The van der Waals surface area contributed by atoms with Crippen molar-refractivity contribution < 1.29 is 8.78 Å². The molecule has 0 radical (unpaired) electrons. The van der Waals surface area contributed by atoms with Crippen LogP contribution in [0.3, 0.4) is 0 Å². The molecule has 1 atom stereocenters. The van der Waals surface area contributed by atoms with Gasteiger partial charge in [-0.05, 0) is 25.0 Å². The van der Waals surface area contributed by atoms with Crippen molar-refractivity contribution in [3.63, 3.8) is 0 Å². The van der Waals surface area contributed by atoms with Crippen LogP contribution in [-0.4, -0.2) is 0 Å². The molecular weight excluding hydrogens is 172 g/mol. The van der Waals surface area contributed by atoms with Crippen LogP contribution >= 0.6 is 0 Å². The van der Waals surface area contributed by atoms with E-state index in [1.54, 1.807) is 6.92 Å². The molecule has 1 rings (SSSR count). The summed E-state index contributed by atoms with van der Waals surface area (Å²) in [6.07, 6.45) is 0.589. The molecule has 0 heterocycles. The van der Waals surface area contributed by atoms with Gasteiger partial charge in [-0.2, -0.15) is 0 Å². The summed E-state index contributed by atoms with van der Waals surface area (Å²) in [5.74, 6) is -1.09. The van der Waals surface area contributed by atoms with Gasteiger partial charge in [-0.1, -0.05) is 6.92 Å². The monoisotopic (exact) mass is 185 g/mol. The van der Waals surface area contributed by atoms with Crippen molar-refractivity contribution in [1.29, 1.82) is 0 Å². The highest BCUT2D eigenvalue weighted by Crippen LogP contribution is 2.21. The maximum Gasteiger partial charge on any atom is 0.131 e. The zero-order chi connectivity index (χ0) is 10.0. The molecule has 0 fully saturated rings. The third-order valence-corrected chi connectivity index (χ3v) is 2.02. The average Bonchev–Trinajstić information content (AvgIpc) is 2.01. The van der Waals surface area contributed by atoms with Crippen molar-refractivity contribution in [2.24, 2.45) is 5.73 Å². The molecule has 13 heavy (non-hydrogen) atoms. The van der Waals surface area contributed by atoms with Crippen LogP contribution in [0.15, 0.2) is 12.1 Å². The predicted octanol–water partition coefficient (Wildman–Crippen LogP) is 2.55. The Morgan fingerprint density at radius 3 is 2.46 bits per heavy atom. The zero-order valence-electron chi connectivity index (χ0n) is 7.77. The number of benzene rings is 1. The van der Waals surface area contributed by atoms with Gasteiger partial charge < -0.3 is 5.73 Å². The molecule has 0 amide bonds. The Morgan fingerprint density at radius 2 is 2.00 bits per heavy atom. The minimum absolute atomic E-state index is 0.393. The highest BCUT2D eigenvalue weighted by atomic mass is 19.1. The number of rotatable bonds is 2. The summed E-state index contributed by atoms with van der Waals surface area (Å²) in [4.78, 5) is 0. The molecule has 0 saturated heterocycles. The molecule has 1 nitrogen and oxygen atoms in total. The van der Waals surface area contributed by atoms with Crippen molar-refractivity contribution in [2.45, 2.75) is 26.3 Å². The third kappa shape index (κ3) is 2.04. The Kier molecular flexibility index (Phi) is 2.98. The first-order valence-electron chi connectivity index (χ1n) is 4.29. The van der Waals surface area contributed by atoms with E-state index in [4.69, 9.17) is 5.73 Å². The van der Waals surface area contributed by atoms with E-state index in [0.717, 1.165) is 6.07 Å². The molecule has 72 valence electrons. The van der Waals surface area contributed by atoms with Crippen LogP contribution in [0.5, 0.6) is 0 Å². The molecule has 1 aromatic carbocycles. The van der Waals surface area contributed by atoms with Crippen molar-refractivity contribution >= 4 is 0 Å². The van der Waals surface area contributed by atoms with Gasteiger partial charge in [0.05, 0.1) is 0 Å². The Bertz CT molecular complexity index is 308. The largest absolute Gasteiger partial charge is 0.324 e. The Hall–Kier alpha value is -0.960. The van der Waals surface area contributed by atoms with E-state index in [-0.39, 0.29) is 0 Å². The molecular formula is C10H13F2N. The fraction of sp³-hybridized carbons (Fsp3) is 0.400. The fourth-order valence-electron chi connectivity index (χ4n) is 1.44. The van der Waals surface area contributed by atoms with Gasteiger partial charge in [0.15, 0.2) is 0 Å². The molecule has 0 aliphatic rings. The minimum atomic E-state index is -0.549. The summed E-state index contributed by atoms with van der Waals surface area (Å²) in [5.41, 5.74) is 6.64. The number of hydrogen-bond acceptors (Lipinski definition) is 1. The lowest BCUT2D eigenvalue weighted by Crippen LogP contribution is -2.11. The first kappa shape index (κ1) is 10.1. The van der Waals surface area contributed by atoms with Crippen LogP contribution in [0, 0.1) is 11.6 Å². The first-order valence-corrected chi connectivity index (χ1v) is 4.29. The molecule has 0 aromatic heterocycles. The Labute approximate surface area is 76.6 Å². The number of halogens is 2. The molecule has 1 aromatic rings. The van der Waals surface area contributed by atoms with Crippen LogP contribution in [0.1, 0.15) is 31.0 Å². The van der Waals surface area contributed by atoms with Gasteiger partial charge in [0.2, 0.25) is 0 Å². The second-order valence-corrected chi connectivity index (χ2v) is 3.10. The van der Waals surface area contributed by atoms with Gasteiger partial charge in [-0.15, -0.1) is 0 Å². The van der Waals surface area contributed by atoms with Crippen LogP contribution in [-0.2, 0) is 6.42 Å². The topological polar surface area (TPSA) is 26.0 Å². The van der Waals surface area contributed by atoms with Gasteiger partial charge >= 0.3 is 0 Å². The maximum atomic E-state index is 13.2. The summed E-state index contributed by atoms with van der Waals surface area (Å²) < 4.78 is 26.0. The number of aryl methyl sites for hydroxylation is 1. The lowest BCUT2D eigenvalue weighted by atomic mass is 9.99. The van der Waals surface area contributed by atoms with Crippen molar-refractivity contribution in [1.82, 2.24) is 0 Å². The second kappa shape index (κ2) is 3.83. The standard InChI is InChI=1S/C10H13F2N/c1-3-7-4-8(11)5-9(12)10(7)6(2)13/h4-6H,3,13H2,1-2H3/t6-/m0/s1. The molecule has 0 spiro atoms. The van der Waals surface area contributed by atoms with Crippen molar-refractivity contribution in [3.05, 3.63) is 34.9 Å². The van der Waals surface area contributed by atoms with E-state index in [1.807, 2.05) is 6.92 Å². The van der Waals surface area contributed by atoms with E-state index in [9.17, 15) is 8.78 Å². The molecule has 0 unspecified atom stereocenters.